The summed E-state index contributed by atoms with van der Waals surface area (Å²) in [6.45, 7) is 4.54. The lowest BCUT2D eigenvalue weighted by Crippen LogP contribution is -2.05. The standard InChI is InChI=1S/C11H10BrCl2N3/c1-6-10(12)7(2)17(16-6)5-8-3-4-9(13)15-11(8)14/h3-4H,5H2,1-2H3. The summed E-state index contributed by atoms with van der Waals surface area (Å²) in [6, 6.07) is 3.59. The molecule has 0 aliphatic rings. The lowest BCUT2D eigenvalue weighted by molar-refractivity contribution is 0.657. The van der Waals surface area contributed by atoms with Gasteiger partial charge in [0.2, 0.25) is 0 Å². The van der Waals surface area contributed by atoms with Gasteiger partial charge in [0, 0.05) is 5.56 Å². The number of halogens is 3. The maximum atomic E-state index is 6.03. The minimum atomic E-state index is 0.397. The van der Waals surface area contributed by atoms with Crippen molar-refractivity contribution in [2.75, 3.05) is 0 Å². The van der Waals surface area contributed by atoms with Gasteiger partial charge in [0.1, 0.15) is 10.3 Å². The van der Waals surface area contributed by atoms with E-state index in [0.717, 1.165) is 21.4 Å². The molecule has 3 nitrogen and oxygen atoms in total. The largest absolute Gasteiger partial charge is 0.264 e. The molecule has 0 bridgehead atoms. The van der Waals surface area contributed by atoms with Crippen molar-refractivity contribution in [2.24, 2.45) is 0 Å². The van der Waals surface area contributed by atoms with Crippen molar-refractivity contribution in [3.8, 4) is 0 Å². The molecule has 17 heavy (non-hydrogen) atoms. The van der Waals surface area contributed by atoms with Crippen LogP contribution in [0.5, 0.6) is 0 Å². The van der Waals surface area contributed by atoms with E-state index in [9.17, 15) is 0 Å². The molecule has 0 aliphatic carbocycles. The number of hydrogen-bond acceptors (Lipinski definition) is 2. The van der Waals surface area contributed by atoms with Gasteiger partial charge < -0.3 is 0 Å². The van der Waals surface area contributed by atoms with Gasteiger partial charge in [-0.2, -0.15) is 5.10 Å². The van der Waals surface area contributed by atoms with Crippen LogP contribution in [0.3, 0.4) is 0 Å². The Hall–Kier alpha value is -0.580. The van der Waals surface area contributed by atoms with Crippen LogP contribution in [0.25, 0.3) is 0 Å². The van der Waals surface area contributed by atoms with Gasteiger partial charge in [-0.3, -0.25) is 4.68 Å². The maximum Gasteiger partial charge on any atom is 0.135 e. The highest BCUT2D eigenvalue weighted by atomic mass is 79.9. The minimum absolute atomic E-state index is 0.397. The predicted octanol–water partition coefficient (Wildman–Crippen LogP) is 4.01. The number of pyridine rings is 1. The molecule has 0 unspecified atom stereocenters. The van der Waals surface area contributed by atoms with Gasteiger partial charge in [0.25, 0.3) is 0 Å². The van der Waals surface area contributed by atoms with E-state index in [0.29, 0.717) is 16.9 Å². The molecule has 0 atom stereocenters. The third-order valence-electron chi connectivity index (χ3n) is 2.51. The first-order valence-corrected chi connectivity index (χ1v) is 6.54. The summed E-state index contributed by atoms with van der Waals surface area (Å²) in [5.74, 6) is 0. The van der Waals surface area contributed by atoms with E-state index in [1.165, 1.54) is 0 Å². The van der Waals surface area contributed by atoms with Crippen molar-refractivity contribution in [3.05, 3.63) is 43.9 Å². The van der Waals surface area contributed by atoms with Crippen LogP contribution in [0.1, 0.15) is 17.0 Å². The Bertz CT molecular complexity index is 566. The van der Waals surface area contributed by atoms with Gasteiger partial charge in [0.05, 0.1) is 22.4 Å². The van der Waals surface area contributed by atoms with E-state index < -0.39 is 0 Å². The molecule has 2 heterocycles. The van der Waals surface area contributed by atoms with Crippen LogP contribution < -0.4 is 0 Å². The first-order valence-electron chi connectivity index (χ1n) is 4.99. The van der Waals surface area contributed by atoms with Crippen LogP contribution in [0, 0.1) is 13.8 Å². The van der Waals surface area contributed by atoms with Crippen LogP contribution in [0.15, 0.2) is 16.6 Å². The normalized spacial score (nSPS) is 10.9. The van der Waals surface area contributed by atoms with Crippen molar-refractivity contribution in [2.45, 2.75) is 20.4 Å². The zero-order chi connectivity index (χ0) is 12.6. The van der Waals surface area contributed by atoms with Crippen LogP contribution >= 0.6 is 39.1 Å². The number of aromatic nitrogens is 3. The second kappa shape index (κ2) is 4.96. The number of rotatable bonds is 2. The molecular formula is C11H10BrCl2N3. The number of aryl methyl sites for hydroxylation is 1. The molecular weight excluding hydrogens is 325 g/mol. The summed E-state index contributed by atoms with van der Waals surface area (Å²) >= 11 is 15.3. The van der Waals surface area contributed by atoms with Crippen LogP contribution in [-0.4, -0.2) is 14.8 Å². The summed E-state index contributed by atoms with van der Waals surface area (Å²) in [4.78, 5) is 4.01. The third-order valence-corrected chi connectivity index (χ3v) is 4.19. The molecule has 0 amide bonds. The maximum absolute atomic E-state index is 6.03. The Morgan fingerprint density at radius 1 is 1.29 bits per heavy atom. The topological polar surface area (TPSA) is 30.7 Å². The lowest BCUT2D eigenvalue weighted by atomic mass is 10.3. The molecule has 2 rings (SSSR count). The highest BCUT2D eigenvalue weighted by Crippen LogP contribution is 2.23. The van der Waals surface area contributed by atoms with E-state index >= 15 is 0 Å². The molecule has 0 aromatic carbocycles. The Labute approximate surface area is 118 Å². The highest BCUT2D eigenvalue weighted by molar-refractivity contribution is 9.10. The predicted molar refractivity (Wildman–Crippen MR) is 72.8 cm³/mol. The first kappa shape index (κ1) is 12.9. The average Bonchev–Trinajstić information content (AvgIpc) is 2.50. The molecule has 2 aromatic rings. The second-order valence-electron chi connectivity index (χ2n) is 3.73. The lowest BCUT2D eigenvalue weighted by Gasteiger charge is -2.06. The van der Waals surface area contributed by atoms with Crippen molar-refractivity contribution in [1.29, 1.82) is 0 Å². The summed E-state index contributed by atoms with van der Waals surface area (Å²) in [5, 5.41) is 5.23. The monoisotopic (exact) mass is 333 g/mol. The van der Waals surface area contributed by atoms with Gasteiger partial charge in [-0.1, -0.05) is 29.3 Å². The van der Waals surface area contributed by atoms with Crippen LogP contribution in [-0.2, 0) is 6.54 Å². The molecule has 6 heteroatoms. The Kier molecular flexibility index (Phi) is 3.76. The molecule has 90 valence electrons. The van der Waals surface area contributed by atoms with Crippen LogP contribution in [0.2, 0.25) is 10.3 Å². The van der Waals surface area contributed by atoms with E-state index in [4.69, 9.17) is 23.2 Å². The van der Waals surface area contributed by atoms with E-state index in [1.807, 2.05) is 24.6 Å². The molecule has 0 saturated heterocycles. The Balaban J connectivity index is 2.34. The van der Waals surface area contributed by atoms with Gasteiger partial charge in [-0.25, -0.2) is 4.98 Å². The molecule has 0 aliphatic heterocycles. The van der Waals surface area contributed by atoms with E-state index in [2.05, 4.69) is 26.0 Å². The van der Waals surface area contributed by atoms with Crippen molar-refractivity contribution >= 4 is 39.1 Å². The minimum Gasteiger partial charge on any atom is -0.264 e. The fraction of sp³-hybridized carbons (Fsp3) is 0.273. The SMILES string of the molecule is Cc1nn(Cc2ccc(Cl)nc2Cl)c(C)c1Br. The molecule has 2 aromatic heterocycles. The highest BCUT2D eigenvalue weighted by Gasteiger charge is 2.11. The summed E-state index contributed by atoms with van der Waals surface area (Å²) in [5.41, 5.74) is 2.92. The van der Waals surface area contributed by atoms with Gasteiger partial charge in [0.15, 0.2) is 0 Å². The number of nitrogens with zero attached hydrogens (tertiary/aromatic N) is 3. The van der Waals surface area contributed by atoms with Gasteiger partial charge in [-0.15, -0.1) is 0 Å². The smallest absolute Gasteiger partial charge is 0.135 e. The fourth-order valence-corrected chi connectivity index (χ4v) is 2.24. The second-order valence-corrected chi connectivity index (χ2v) is 5.26. The summed E-state index contributed by atoms with van der Waals surface area (Å²) in [6.07, 6.45) is 0. The quantitative estimate of drug-likeness (QED) is 0.777. The Morgan fingerprint density at radius 3 is 2.53 bits per heavy atom. The van der Waals surface area contributed by atoms with E-state index in [1.54, 1.807) is 6.07 Å². The van der Waals surface area contributed by atoms with Crippen molar-refractivity contribution < 1.29 is 0 Å². The molecule has 0 spiro atoms. The van der Waals surface area contributed by atoms with Crippen molar-refractivity contribution in [1.82, 2.24) is 14.8 Å². The van der Waals surface area contributed by atoms with Crippen molar-refractivity contribution in [3.63, 3.8) is 0 Å². The fourth-order valence-electron chi connectivity index (χ4n) is 1.55. The number of hydrogen-bond donors (Lipinski definition) is 0. The molecule has 0 radical (unpaired) electrons. The average molecular weight is 335 g/mol. The summed E-state index contributed by atoms with van der Waals surface area (Å²) in [7, 11) is 0. The van der Waals surface area contributed by atoms with Crippen LogP contribution in [0.4, 0.5) is 0 Å². The van der Waals surface area contributed by atoms with Gasteiger partial charge >= 0.3 is 0 Å². The molecule has 0 N–H and O–H groups in total. The van der Waals surface area contributed by atoms with Gasteiger partial charge in [-0.05, 0) is 35.8 Å². The zero-order valence-corrected chi connectivity index (χ0v) is 12.4. The zero-order valence-electron chi connectivity index (χ0n) is 9.34. The first-order chi connectivity index (χ1) is 7.99. The van der Waals surface area contributed by atoms with E-state index in [-0.39, 0.29) is 0 Å². The molecule has 0 fully saturated rings. The third kappa shape index (κ3) is 2.64. The summed E-state index contributed by atoms with van der Waals surface area (Å²) < 4.78 is 2.91. The Morgan fingerprint density at radius 2 is 2.00 bits per heavy atom. The molecule has 0 saturated carbocycles.